The number of carbonyl (C=O) groups is 1. The molecule has 0 spiro atoms. The van der Waals surface area contributed by atoms with E-state index < -0.39 is 0 Å². The first-order valence-electron chi connectivity index (χ1n) is 9.37. The standard InChI is InChI=1S/C22H34O/c1-4-6-8-10-12-14-20-15-16-21(19-23)22(3,18-20)17-13-11-9-7-5-2/h12-17,19H,4-11,18H2,1-3H3. The molecule has 0 radical (unpaired) electrons. The minimum atomic E-state index is -0.147. The monoisotopic (exact) mass is 314 g/mol. The van der Waals surface area contributed by atoms with E-state index in [-0.39, 0.29) is 5.41 Å². The molecule has 128 valence electrons. The van der Waals surface area contributed by atoms with Gasteiger partial charge in [0.1, 0.15) is 6.29 Å². The van der Waals surface area contributed by atoms with E-state index in [2.05, 4.69) is 51.2 Å². The molecule has 0 amide bonds. The van der Waals surface area contributed by atoms with Crippen LogP contribution in [0.2, 0.25) is 0 Å². The number of unbranched alkanes of at least 4 members (excludes halogenated alkanes) is 6. The molecule has 1 heteroatoms. The van der Waals surface area contributed by atoms with E-state index in [0.29, 0.717) is 0 Å². The van der Waals surface area contributed by atoms with Gasteiger partial charge < -0.3 is 0 Å². The van der Waals surface area contributed by atoms with Crippen LogP contribution in [0.4, 0.5) is 0 Å². The van der Waals surface area contributed by atoms with Gasteiger partial charge in [-0.25, -0.2) is 0 Å². The molecule has 0 saturated carbocycles. The van der Waals surface area contributed by atoms with Crippen LogP contribution in [0.3, 0.4) is 0 Å². The van der Waals surface area contributed by atoms with E-state index in [4.69, 9.17) is 0 Å². The highest BCUT2D eigenvalue weighted by Crippen LogP contribution is 2.38. The van der Waals surface area contributed by atoms with Crippen molar-refractivity contribution in [2.45, 2.75) is 78.6 Å². The van der Waals surface area contributed by atoms with Gasteiger partial charge >= 0.3 is 0 Å². The van der Waals surface area contributed by atoms with Crippen molar-refractivity contribution in [3.05, 3.63) is 47.6 Å². The summed E-state index contributed by atoms with van der Waals surface area (Å²) in [6.45, 7) is 6.64. The van der Waals surface area contributed by atoms with Gasteiger partial charge in [-0.1, -0.05) is 82.9 Å². The third-order valence-electron chi connectivity index (χ3n) is 4.60. The summed E-state index contributed by atoms with van der Waals surface area (Å²) in [4.78, 5) is 11.4. The summed E-state index contributed by atoms with van der Waals surface area (Å²) >= 11 is 0. The van der Waals surface area contributed by atoms with Gasteiger partial charge in [0.25, 0.3) is 0 Å². The average molecular weight is 315 g/mol. The van der Waals surface area contributed by atoms with Crippen LogP contribution >= 0.6 is 0 Å². The van der Waals surface area contributed by atoms with E-state index in [1.54, 1.807) is 0 Å². The fourth-order valence-corrected chi connectivity index (χ4v) is 3.02. The van der Waals surface area contributed by atoms with Crippen molar-refractivity contribution >= 4 is 6.29 Å². The number of carbonyl (C=O) groups excluding carboxylic acids is 1. The molecule has 1 aliphatic carbocycles. The molecule has 0 fully saturated rings. The first kappa shape index (κ1) is 19.7. The van der Waals surface area contributed by atoms with Gasteiger partial charge in [0.2, 0.25) is 0 Å². The lowest BCUT2D eigenvalue weighted by molar-refractivity contribution is -0.105. The maximum atomic E-state index is 11.4. The molecular weight excluding hydrogens is 280 g/mol. The third kappa shape index (κ3) is 7.16. The number of allylic oxidation sites excluding steroid dienone is 8. The highest BCUT2D eigenvalue weighted by atomic mass is 16.1. The minimum Gasteiger partial charge on any atom is -0.298 e. The van der Waals surface area contributed by atoms with Crippen molar-refractivity contribution in [2.75, 3.05) is 0 Å². The van der Waals surface area contributed by atoms with Crippen LogP contribution in [0.1, 0.15) is 78.6 Å². The predicted molar refractivity (Wildman–Crippen MR) is 102 cm³/mol. The summed E-state index contributed by atoms with van der Waals surface area (Å²) in [5.74, 6) is 0. The highest BCUT2D eigenvalue weighted by Gasteiger charge is 2.28. The summed E-state index contributed by atoms with van der Waals surface area (Å²) in [6.07, 6.45) is 25.0. The van der Waals surface area contributed by atoms with E-state index in [9.17, 15) is 4.79 Å². The Kier molecular flexibility index (Phi) is 9.59. The molecule has 0 bridgehead atoms. The van der Waals surface area contributed by atoms with Crippen LogP contribution in [0.15, 0.2) is 47.6 Å². The Labute approximate surface area is 143 Å². The molecule has 1 unspecified atom stereocenters. The van der Waals surface area contributed by atoms with Crippen molar-refractivity contribution < 1.29 is 4.79 Å². The van der Waals surface area contributed by atoms with Crippen LogP contribution < -0.4 is 0 Å². The van der Waals surface area contributed by atoms with Gasteiger partial charge in [-0.2, -0.15) is 0 Å². The van der Waals surface area contributed by atoms with Crippen molar-refractivity contribution in [1.82, 2.24) is 0 Å². The maximum Gasteiger partial charge on any atom is 0.146 e. The van der Waals surface area contributed by atoms with Crippen molar-refractivity contribution in [3.63, 3.8) is 0 Å². The molecule has 0 aliphatic heterocycles. The van der Waals surface area contributed by atoms with Gasteiger partial charge in [0.05, 0.1) is 0 Å². The Hall–Kier alpha value is -1.37. The molecule has 1 aliphatic rings. The minimum absolute atomic E-state index is 0.147. The first-order valence-corrected chi connectivity index (χ1v) is 9.37. The van der Waals surface area contributed by atoms with E-state index >= 15 is 0 Å². The largest absolute Gasteiger partial charge is 0.298 e. The second-order valence-corrected chi connectivity index (χ2v) is 6.87. The van der Waals surface area contributed by atoms with Gasteiger partial charge in [-0.15, -0.1) is 0 Å². The molecule has 0 saturated heterocycles. The molecule has 0 aromatic carbocycles. The Morgan fingerprint density at radius 1 is 1.00 bits per heavy atom. The smallest absolute Gasteiger partial charge is 0.146 e. The van der Waals surface area contributed by atoms with Crippen LogP contribution in [0.25, 0.3) is 0 Å². The van der Waals surface area contributed by atoms with Crippen molar-refractivity contribution in [1.29, 1.82) is 0 Å². The summed E-state index contributed by atoms with van der Waals surface area (Å²) in [7, 11) is 0. The second kappa shape index (κ2) is 11.2. The highest BCUT2D eigenvalue weighted by molar-refractivity contribution is 5.78. The van der Waals surface area contributed by atoms with E-state index in [0.717, 1.165) is 31.1 Å². The molecular formula is C22H34O. The Balaban J connectivity index is 2.64. The number of rotatable bonds is 11. The lowest BCUT2D eigenvalue weighted by atomic mass is 9.73. The molecule has 23 heavy (non-hydrogen) atoms. The van der Waals surface area contributed by atoms with Crippen LogP contribution in [0.5, 0.6) is 0 Å². The zero-order valence-electron chi connectivity index (χ0n) is 15.3. The van der Waals surface area contributed by atoms with Crippen molar-refractivity contribution in [3.8, 4) is 0 Å². The number of hydrogen-bond acceptors (Lipinski definition) is 1. The normalized spacial score (nSPS) is 21.7. The molecule has 1 atom stereocenters. The fraction of sp³-hybridized carbons (Fsp3) is 0.591. The average Bonchev–Trinajstić information content (AvgIpc) is 2.54. The van der Waals surface area contributed by atoms with Crippen LogP contribution in [-0.2, 0) is 4.79 Å². The summed E-state index contributed by atoms with van der Waals surface area (Å²) < 4.78 is 0. The maximum absolute atomic E-state index is 11.4. The summed E-state index contributed by atoms with van der Waals surface area (Å²) in [6, 6.07) is 0. The number of aldehydes is 1. The van der Waals surface area contributed by atoms with Gasteiger partial charge in [-0.05, 0) is 37.7 Å². The zero-order valence-corrected chi connectivity index (χ0v) is 15.3. The lowest BCUT2D eigenvalue weighted by Crippen LogP contribution is -2.20. The van der Waals surface area contributed by atoms with Gasteiger partial charge in [0, 0.05) is 11.0 Å². The molecule has 1 nitrogen and oxygen atoms in total. The van der Waals surface area contributed by atoms with E-state index in [1.165, 1.54) is 44.1 Å². The van der Waals surface area contributed by atoms with Gasteiger partial charge in [-0.3, -0.25) is 4.79 Å². The van der Waals surface area contributed by atoms with Gasteiger partial charge in [0.15, 0.2) is 0 Å². The van der Waals surface area contributed by atoms with Crippen LogP contribution in [-0.4, -0.2) is 6.29 Å². The molecule has 0 N–H and O–H groups in total. The topological polar surface area (TPSA) is 17.1 Å². The molecule has 0 aromatic heterocycles. The molecule has 0 aromatic rings. The Morgan fingerprint density at radius 2 is 1.65 bits per heavy atom. The molecule has 0 heterocycles. The Bertz CT molecular complexity index is 464. The summed E-state index contributed by atoms with van der Waals surface area (Å²) in [5, 5.41) is 0. The first-order chi connectivity index (χ1) is 11.2. The predicted octanol–water partition coefficient (Wildman–Crippen LogP) is 6.72. The summed E-state index contributed by atoms with van der Waals surface area (Å²) in [5.41, 5.74) is 2.08. The Morgan fingerprint density at radius 3 is 2.26 bits per heavy atom. The fourth-order valence-electron chi connectivity index (χ4n) is 3.02. The third-order valence-corrected chi connectivity index (χ3v) is 4.60. The van der Waals surface area contributed by atoms with E-state index in [1.807, 2.05) is 6.08 Å². The molecule has 1 rings (SSSR count). The van der Waals surface area contributed by atoms with Crippen molar-refractivity contribution in [2.24, 2.45) is 5.41 Å². The zero-order chi connectivity index (χ0) is 17.0. The SMILES string of the molecule is CCCCCC=CC1=CC=C(C=O)C(C)(C=CCCCCC)C1. The lowest BCUT2D eigenvalue weighted by Gasteiger charge is -2.30. The van der Waals surface area contributed by atoms with Crippen LogP contribution in [0, 0.1) is 5.41 Å². The number of hydrogen-bond donors (Lipinski definition) is 0. The second-order valence-electron chi connectivity index (χ2n) is 6.87. The quantitative estimate of drug-likeness (QED) is 0.235.